The summed E-state index contributed by atoms with van der Waals surface area (Å²) in [5.74, 6) is -5.34. The quantitative estimate of drug-likeness (QED) is 0.0467. The predicted octanol–water partition coefficient (Wildman–Crippen LogP) is -1.27. The topological polar surface area (TPSA) is 348 Å². The standard InChI is InChI=1S/C43H61N9O15/c1-22(2)13-27(34(54)42(6)20-64-42)46-41(61)33(19-63-8)50-39(59)31(17-53)48-38(58)30-16-25(67-52-30)9-11-43(21-65-43)35(55)28(14-23(3)4)47-36(56)26(10-12-44)45-40(60)32(18-62-7)49-37(57)29-15-24(5)66-51-29/h15-16,22-23,26-28,31-33,53H,9-11,13-14,17-21H2,1-8H3,(H,45,60)(H,46,61)(H,47,56)(H,48,58)(H,49,57)(H,50,59). The average Bonchev–Trinajstić information content (AvgIpc) is 4.12. The van der Waals surface area contributed by atoms with Gasteiger partial charge in [-0.2, -0.15) is 5.26 Å². The number of aliphatic hydroxyl groups is 1. The minimum atomic E-state index is -1.55. The summed E-state index contributed by atoms with van der Waals surface area (Å²) < 4.78 is 31.4. The number of hydrogen-bond donors (Lipinski definition) is 7. The summed E-state index contributed by atoms with van der Waals surface area (Å²) in [5, 5.41) is 42.0. The van der Waals surface area contributed by atoms with Crippen molar-refractivity contribution < 1.29 is 71.5 Å². The van der Waals surface area contributed by atoms with Crippen LogP contribution in [0.1, 0.15) is 92.8 Å². The van der Waals surface area contributed by atoms with Crippen LogP contribution < -0.4 is 31.9 Å². The lowest BCUT2D eigenvalue weighted by atomic mass is 9.89. The molecule has 7 N–H and O–H groups in total. The summed E-state index contributed by atoms with van der Waals surface area (Å²) in [6.45, 7) is 9.39. The molecule has 0 bridgehead atoms. The number of methoxy groups -OCH3 is 2. The second kappa shape index (κ2) is 24.1. The summed E-state index contributed by atoms with van der Waals surface area (Å²) in [7, 11) is 2.60. The van der Waals surface area contributed by atoms with Crippen molar-refractivity contribution in [3.63, 3.8) is 0 Å². The molecule has 0 saturated carbocycles. The van der Waals surface area contributed by atoms with E-state index in [9.17, 15) is 48.7 Å². The minimum Gasteiger partial charge on any atom is -0.394 e. The number of nitrogens with zero attached hydrogens (tertiary/aromatic N) is 3. The van der Waals surface area contributed by atoms with Crippen LogP contribution in [-0.4, -0.2) is 157 Å². The molecule has 67 heavy (non-hydrogen) atoms. The monoisotopic (exact) mass is 943 g/mol. The van der Waals surface area contributed by atoms with E-state index < -0.39 is 102 Å². The van der Waals surface area contributed by atoms with Crippen LogP contribution in [0.2, 0.25) is 0 Å². The molecule has 24 nitrogen and oxygen atoms in total. The lowest BCUT2D eigenvalue weighted by Gasteiger charge is -2.26. The minimum absolute atomic E-state index is 0.00253. The number of Topliss-reactive ketones (excluding diaryl/α,β-unsaturated/α-hetero) is 2. The number of epoxide rings is 2. The molecule has 0 spiro atoms. The van der Waals surface area contributed by atoms with Crippen molar-refractivity contribution in [1.29, 1.82) is 5.26 Å². The van der Waals surface area contributed by atoms with E-state index in [0.29, 0.717) is 12.2 Å². The smallest absolute Gasteiger partial charge is 0.274 e. The van der Waals surface area contributed by atoms with Gasteiger partial charge in [-0.05, 0) is 44.9 Å². The first kappa shape index (κ1) is 53.5. The van der Waals surface area contributed by atoms with Crippen molar-refractivity contribution >= 4 is 47.0 Å². The SMILES string of the molecule is COCC(NC(=O)c1cc(C)on1)C(=O)NC(CC#N)C(=O)NC(CC(C)C)C(=O)C1(CCc2cc(C(=O)NC(CO)C(=O)NC(COC)C(=O)NC(CC(C)C)C(=O)C3(C)CO3)no2)CO1. The van der Waals surface area contributed by atoms with Gasteiger partial charge in [-0.25, -0.2) is 0 Å². The molecule has 8 atom stereocenters. The molecule has 2 aliphatic rings. The molecule has 0 aromatic carbocycles. The Bertz CT molecular complexity index is 2140. The van der Waals surface area contributed by atoms with Crippen LogP contribution in [0.3, 0.4) is 0 Å². The van der Waals surface area contributed by atoms with E-state index in [2.05, 4.69) is 42.2 Å². The summed E-state index contributed by atoms with van der Waals surface area (Å²) in [6, 6.07) is -3.12. The van der Waals surface area contributed by atoms with Gasteiger partial charge >= 0.3 is 0 Å². The molecule has 2 fully saturated rings. The highest BCUT2D eigenvalue weighted by molar-refractivity contribution is 6.01. The Labute approximate surface area is 386 Å². The van der Waals surface area contributed by atoms with Crippen molar-refractivity contribution in [3.05, 3.63) is 35.0 Å². The second-order valence-corrected chi connectivity index (χ2v) is 17.5. The number of carbonyl (C=O) groups excluding carboxylic acids is 8. The molecular weight excluding hydrogens is 883 g/mol. The van der Waals surface area contributed by atoms with Gasteiger partial charge in [0.05, 0.1) is 57.6 Å². The summed E-state index contributed by atoms with van der Waals surface area (Å²) in [4.78, 5) is 106. The van der Waals surface area contributed by atoms with Crippen LogP contribution >= 0.6 is 0 Å². The van der Waals surface area contributed by atoms with Gasteiger partial charge in [0.15, 0.2) is 28.6 Å². The van der Waals surface area contributed by atoms with Crippen molar-refractivity contribution in [1.82, 2.24) is 42.2 Å². The molecule has 4 heterocycles. The normalized spacial score (nSPS) is 20.0. The first-order valence-corrected chi connectivity index (χ1v) is 21.7. The number of aromatic nitrogens is 2. The number of nitrogens with one attached hydrogen (secondary N) is 6. The highest BCUT2D eigenvalue weighted by Crippen LogP contribution is 2.36. The fourth-order valence-electron chi connectivity index (χ4n) is 6.92. The van der Waals surface area contributed by atoms with Crippen molar-refractivity contribution in [2.45, 2.75) is 121 Å². The predicted molar refractivity (Wildman–Crippen MR) is 229 cm³/mol. The number of nitriles is 1. The van der Waals surface area contributed by atoms with Gasteiger partial charge in [-0.15, -0.1) is 0 Å². The zero-order chi connectivity index (χ0) is 49.6. The first-order valence-electron chi connectivity index (χ1n) is 21.7. The maximum Gasteiger partial charge on any atom is 0.274 e. The molecular formula is C43H61N9O15. The van der Waals surface area contributed by atoms with Crippen molar-refractivity contribution in [2.24, 2.45) is 11.8 Å². The van der Waals surface area contributed by atoms with Gasteiger partial charge in [0.2, 0.25) is 23.6 Å². The molecule has 4 rings (SSSR count). The van der Waals surface area contributed by atoms with Gasteiger partial charge in [0.1, 0.15) is 41.3 Å². The molecule has 0 aliphatic carbocycles. The van der Waals surface area contributed by atoms with Crippen LogP contribution in [0, 0.1) is 30.1 Å². The fraction of sp³-hybridized carbons (Fsp3) is 0.651. The first-order chi connectivity index (χ1) is 31.7. The highest BCUT2D eigenvalue weighted by Gasteiger charge is 2.54. The van der Waals surface area contributed by atoms with E-state index in [0.717, 1.165) is 0 Å². The Balaban J connectivity index is 1.35. The molecule has 6 amide bonds. The lowest BCUT2D eigenvalue weighted by molar-refractivity contribution is -0.134. The molecule has 2 aromatic rings. The third-order valence-electron chi connectivity index (χ3n) is 10.8. The summed E-state index contributed by atoms with van der Waals surface area (Å²) >= 11 is 0. The number of ketones is 2. The van der Waals surface area contributed by atoms with E-state index in [4.69, 9.17) is 28.0 Å². The third-order valence-corrected chi connectivity index (χ3v) is 10.8. The third kappa shape index (κ3) is 15.2. The maximum atomic E-state index is 14.0. The van der Waals surface area contributed by atoms with Gasteiger partial charge < -0.3 is 65.0 Å². The van der Waals surface area contributed by atoms with Gasteiger partial charge in [-0.1, -0.05) is 38.0 Å². The van der Waals surface area contributed by atoms with E-state index in [1.807, 2.05) is 33.8 Å². The number of rotatable bonds is 29. The molecule has 8 unspecified atom stereocenters. The van der Waals surface area contributed by atoms with Gasteiger partial charge in [0, 0.05) is 32.8 Å². The second-order valence-electron chi connectivity index (χ2n) is 17.5. The largest absolute Gasteiger partial charge is 0.394 e. The van der Waals surface area contributed by atoms with E-state index in [1.165, 1.54) is 26.4 Å². The van der Waals surface area contributed by atoms with Gasteiger partial charge in [0.25, 0.3) is 11.8 Å². The van der Waals surface area contributed by atoms with Crippen LogP contribution in [-0.2, 0) is 54.1 Å². The Morgan fingerprint density at radius 2 is 1.16 bits per heavy atom. The van der Waals surface area contributed by atoms with E-state index in [-0.39, 0.29) is 80.5 Å². The molecule has 24 heteroatoms. The Morgan fingerprint density at radius 1 is 0.701 bits per heavy atom. The van der Waals surface area contributed by atoms with Crippen molar-refractivity contribution in [3.8, 4) is 6.07 Å². The Kier molecular flexibility index (Phi) is 19.2. The van der Waals surface area contributed by atoms with Gasteiger partial charge in [-0.3, -0.25) is 38.4 Å². The number of amides is 6. The van der Waals surface area contributed by atoms with Crippen LogP contribution in [0.4, 0.5) is 0 Å². The lowest BCUT2D eigenvalue weighted by Crippen LogP contribution is -2.58. The van der Waals surface area contributed by atoms with E-state index >= 15 is 0 Å². The average molecular weight is 944 g/mol. The van der Waals surface area contributed by atoms with Crippen LogP contribution in [0.5, 0.6) is 0 Å². The van der Waals surface area contributed by atoms with Crippen LogP contribution in [0.15, 0.2) is 21.2 Å². The Morgan fingerprint density at radius 3 is 1.64 bits per heavy atom. The summed E-state index contributed by atoms with van der Waals surface area (Å²) in [5.41, 5.74) is -2.73. The zero-order valence-electron chi connectivity index (χ0n) is 38.8. The van der Waals surface area contributed by atoms with Crippen LogP contribution in [0.25, 0.3) is 0 Å². The molecule has 0 radical (unpaired) electrons. The Hall–Kier alpha value is -6.13. The fourth-order valence-corrected chi connectivity index (χ4v) is 6.92. The molecule has 2 aliphatic heterocycles. The van der Waals surface area contributed by atoms with E-state index in [1.54, 1.807) is 13.8 Å². The molecule has 2 saturated heterocycles. The zero-order valence-corrected chi connectivity index (χ0v) is 38.8. The highest BCUT2D eigenvalue weighted by atomic mass is 16.6. The number of carbonyl (C=O) groups is 8. The maximum absolute atomic E-state index is 14.0. The number of ether oxygens (including phenoxy) is 4. The van der Waals surface area contributed by atoms with Crippen molar-refractivity contribution in [2.75, 3.05) is 47.3 Å². The molecule has 368 valence electrons. The molecule has 2 aromatic heterocycles. The summed E-state index contributed by atoms with van der Waals surface area (Å²) in [6.07, 6.45) is 0.0703. The number of hydrogen-bond acceptors (Lipinski definition) is 18. The number of aryl methyl sites for hydroxylation is 2. The number of aliphatic hydroxyl groups excluding tert-OH is 1.